The van der Waals surface area contributed by atoms with Crippen LogP contribution in [-0.2, 0) is 6.42 Å². The minimum Gasteiger partial charge on any atom is -0.493 e. The van der Waals surface area contributed by atoms with Gasteiger partial charge >= 0.3 is 0 Å². The Morgan fingerprint density at radius 1 is 1.25 bits per heavy atom. The zero-order valence-corrected chi connectivity index (χ0v) is 9.39. The number of methoxy groups -OCH3 is 2. The van der Waals surface area contributed by atoms with Crippen LogP contribution in [0, 0.1) is 0 Å². The predicted octanol–water partition coefficient (Wildman–Crippen LogP) is 2.15. The quantitative estimate of drug-likeness (QED) is 0.812. The molecular weight excluding hydrogens is 204 g/mol. The van der Waals surface area contributed by atoms with E-state index in [1.54, 1.807) is 14.2 Å². The predicted molar refractivity (Wildman–Crippen MR) is 63.6 cm³/mol. The topological polar surface area (TPSA) is 46.3 Å². The van der Waals surface area contributed by atoms with Gasteiger partial charge in [-0.3, -0.25) is 0 Å². The molecule has 0 radical (unpaired) electrons. The van der Waals surface area contributed by atoms with Crippen LogP contribution >= 0.6 is 0 Å². The summed E-state index contributed by atoms with van der Waals surface area (Å²) in [5.74, 6) is 1.53. The van der Waals surface area contributed by atoms with E-state index in [-0.39, 0.29) is 0 Å². The van der Waals surface area contributed by atoms with Crippen molar-refractivity contribution in [1.29, 1.82) is 0 Å². The van der Waals surface area contributed by atoms with Crippen LogP contribution in [0.15, 0.2) is 12.3 Å². The standard InChI is InChI=1S/C12H14N2O2/c1-15-9-5-8-10-7(3-4-13-8)6-14-11(10)12(9)16-2/h5-6,13-14H,3-4H2,1-2H3. The van der Waals surface area contributed by atoms with Crippen molar-refractivity contribution in [2.75, 3.05) is 26.1 Å². The SMILES string of the molecule is COc1cc2c3c(c[nH]c3c1OC)CCN2. The molecule has 0 aliphatic carbocycles. The van der Waals surface area contributed by atoms with Gasteiger partial charge in [0.1, 0.15) is 0 Å². The van der Waals surface area contributed by atoms with E-state index in [4.69, 9.17) is 9.47 Å². The summed E-state index contributed by atoms with van der Waals surface area (Å²) < 4.78 is 10.7. The van der Waals surface area contributed by atoms with Crippen LogP contribution in [0.3, 0.4) is 0 Å². The van der Waals surface area contributed by atoms with Gasteiger partial charge in [-0.2, -0.15) is 0 Å². The van der Waals surface area contributed by atoms with Gasteiger partial charge in [-0.1, -0.05) is 0 Å². The summed E-state index contributed by atoms with van der Waals surface area (Å²) in [5.41, 5.74) is 3.47. The van der Waals surface area contributed by atoms with Crippen molar-refractivity contribution in [2.24, 2.45) is 0 Å². The van der Waals surface area contributed by atoms with Gasteiger partial charge in [-0.05, 0) is 12.0 Å². The van der Waals surface area contributed by atoms with E-state index in [9.17, 15) is 0 Å². The summed E-state index contributed by atoms with van der Waals surface area (Å²) in [4.78, 5) is 3.27. The monoisotopic (exact) mass is 218 g/mol. The average molecular weight is 218 g/mol. The maximum absolute atomic E-state index is 5.40. The Balaban J connectivity index is 2.39. The lowest BCUT2D eigenvalue weighted by molar-refractivity contribution is 0.358. The minimum atomic E-state index is 0.757. The zero-order valence-electron chi connectivity index (χ0n) is 9.39. The smallest absolute Gasteiger partial charge is 0.185 e. The molecule has 1 aromatic carbocycles. The molecule has 1 aromatic heterocycles. The number of hydrogen-bond acceptors (Lipinski definition) is 3. The Morgan fingerprint density at radius 3 is 2.88 bits per heavy atom. The summed E-state index contributed by atoms with van der Waals surface area (Å²) in [6, 6.07) is 2.00. The van der Waals surface area contributed by atoms with Crippen LogP contribution in [0.2, 0.25) is 0 Å². The van der Waals surface area contributed by atoms with E-state index >= 15 is 0 Å². The third kappa shape index (κ3) is 1.10. The number of nitrogens with one attached hydrogen (secondary N) is 2. The number of anilines is 1. The Hall–Kier alpha value is -1.84. The minimum absolute atomic E-state index is 0.757. The summed E-state index contributed by atoms with van der Waals surface area (Å²) in [6.07, 6.45) is 3.10. The molecule has 0 unspecified atom stereocenters. The number of aromatic amines is 1. The first-order chi connectivity index (χ1) is 7.85. The number of benzene rings is 1. The fourth-order valence-electron chi connectivity index (χ4n) is 2.37. The Kier molecular flexibility index (Phi) is 1.96. The van der Waals surface area contributed by atoms with Gasteiger partial charge in [-0.15, -0.1) is 0 Å². The number of ether oxygens (including phenoxy) is 2. The molecule has 0 bridgehead atoms. The van der Waals surface area contributed by atoms with Crippen LogP contribution in [0.25, 0.3) is 10.9 Å². The first-order valence-corrected chi connectivity index (χ1v) is 5.34. The molecule has 0 saturated heterocycles. The molecule has 16 heavy (non-hydrogen) atoms. The van der Waals surface area contributed by atoms with E-state index in [0.29, 0.717) is 0 Å². The first-order valence-electron chi connectivity index (χ1n) is 5.34. The van der Waals surface area contributed by atoms with Crippen molar-refractivity contribution in [2.45, 2.75) is 6.42 Å². The molecule has 1 aliphatic heterocycles. The molecule has 0 saturated carbocycles. The molecule has 0 fully saturated rings. The highest BCUT2D eigenvalue weighted by molar-refractivity contribution is 6.01. The lowest BCUT2D eigenvalue weighted by Gasteiger charge is -2.17. The largest absolute Gasteiger partial charge is 0.493 e. The van der Waals surface area contributed by atoms with Crippen LogP contribution in [0.4, 0.5) is 5.69 Å². The second-order valence-corrected chi connectivity index (χ2v) is 3.90. The van der Waals surface area contributed by atoms with E-state index < -0.39 is 0 Å². The van der Waals surface area contributed by atoms with Crippen molar-refractivity contribution in [3.8, 4) is 11.5 Å². The molecule has 0 amide bonds. The van der Waals surface area contributed by atoms with Gasteiger partial charge in [0.05, 0.1) is 19.7 Å². The van der Waals surface area contributed by atoms with Crippen molar-refractivity contribution >= 4 is 16.6 Å². The summed E-state index contributed by atoms with van der Waals surface area (Å²) >= 11 is 0. The van der Waals surface area contributed by atoms with Crippen molar-refractivity contribution in [1.82, 2.24) is 4.98 Å². The average Bonchev–Trinajstić information content (AvgIpc) is 2.75. The number of hydrogen-bond donors (Lipinski definition) is 2. The molecule has 4 nitrogen and oxygen atoms in total. The van der Waals surface area contributed by atoms with Gasteiger partial charge in [0.15, 0.2) is 11.5 Å². The molecule has 3 rings (SSSR count). The van der Waals surface area contributed by atoms with Gasteiger partial charge in [0.2, 0.25) is 0 Å². The van der Waals surface area contributed by atoms with Crippen LogP contribution in [0.5, 0.6) is 11.5 Å². The van der Waals surface area contributed by atoms with Crippen LogP contribution in [-0.4, -0.2) is 25.7 Å². The first kappa shape index (κ1) is 9.39. The number of rotatable bonds is 2. The molecule has 2 N–H and O–H groups in total. The third-order valence-corrected chi connectivity index (χ3v) is 3.09. The van der Waals surface area contributed by atoms with Crippen molar-refractivity contribution in [3.05, 3.63) is 17.8 Å². The van der Waals surface area contributed by atoms with Gasteiger partial charge in [-0.25, -0.2) is 0 Å². The second-order valence-electron chi connectivity index (χ2n) is 3.90. The second kappa shape index (κ2) is 3.33. The van der Waals surface area contributed by atoms with Gasteiger partial charge < -0.3 is 19.8 Å². The fraction of sp³-hybridized carbons (Fsp3) is 0.333. The Labute approximate surface area is 93.6 Å². The number of H-pyrrole nitrogens is 1. The highest BCUT2D eigenvalue weighted by Gasteiger charge is 2.20. The van der Waals surface area contributed by atoms with Crippen LogP contribution < -0.4 is 14.8 Å². The maximum atomic E-state index is 5.40. The maximum Gasteiger partial charge on any atom is 0.185 e. The third-order valence-electron chi connectivity index (χ3n) is 3.09. The van der Waals surface area contributed by atoms with Crippen LogP contribution in [0.1, 0.15) is 5.56 Å². The molecule has 4 heteroatoms. The van der Waals surface area contributed by atoms with Gasteiger partial charge in [0, 0.05) is 29.9 Å². The summed E-state index contributed by atoms with van der Waals surface area (Å²) in [6.45, 7) is 0.968. The van der Waals surface area contributed by atoms with E-state index in [0.717, 1.165) is 35.7 Å². The normalized spacial score (nSPS) is 13.6. The lowest BCUT2D eigenvalue weighted by Crippen LogP contribution is -2.10. The van der Waals surface area contributed by atoms with Gasteiger partial charge in [0.25, 0.3) is 0 Å². The molecule has 2 heterocycles. The van der Waals surface area contributed by atoms with E-state index in [2.05, 4.69) is 16.5 Å². The molecule has 84 valence electrons. The molecule has 0 spiro atoms. The van der Waals surface area contributed by atoms with Crippen molar-refractivity contribution < 1.29 is 9.47 Å². The Morgan fingerprint density at radius 2 is 2.12 bits per heavy atom. The van der Waals surface area contributed by atoms with E-state index in [1.165, 1.54) is 10.9 Å². The summed E-state index contributed by atoms with van der Waals surface area (Å²) in [7, 11) is 3.32. The highest BCUT2D eigenvalue weighted by atomic mass is 16.5. The molecular formula is C12H14N2O2. The fourth-order valence-corrected chi connectivity index (χ4v) is 2.37. The summed E-state index contributed by atoms with van der Waals surface area (Å²) in [5, 5.41) is 4.61. The highest BCUT2D eigenvalue weighted by Crippen LogP contribution is 2.42. The Bertz CT molecular complexity index is 545. The van der Waals surface area contributed by atoms with E-state index in [1.807, 2.05) is 6.07 Å². The lowest BCUT2D eigenvalue weighted by atomic mass is 10.0. The molecule has 1 aliphatic rings. The molecule has 0 atom stereocenters. The zero-order chi connectivity index (χ0) is 11.1. The number of aromatic nitrogens is 1. The van der Waals surface area contributed by atoms with Crippen molar-refractivity contribution in [3.63, 3.8) is 0 Å². The molecule has 2 aromatic rings.